The van der Waals surface area contributed by atoms with Gasteiger partial charge in [-0.15, -0.1) is 0 Å². The topological polar surface area (TPSA) is 0 Å². The molecular formula is C27H58N+. The first kappa shape index (κ1) is 28.0. The normalized spacial score (nSPS) is 13.2. The molecule has 1 heteroatoms. The van der Waals surface area contributed by atoms with Crippen molar-refractivity contribution in [2.75, 3.05) is 27.7 Å². The van der Waals surface area contributed by atoms with Crippen LogP contribution in [0.1, 0.15) is 142 Å². The zero-order chi connectivity index (χ0) is 20.9. The van der Waals surface area contributed by atoms with Crippen molar-refractivity contribution in [1.82, 2.24) is 0 Å². The Labute approximate surface area is 180 Å². The lowest BCUT2D eigenvalue weighted by molar-refractivity contribution is -0.870. The van der Waals surface area contributed by atoms with Crippen molar-refractivity contribution in [2.45, 2.75) is 142 Å². The van der Waals surface area contributed by atoms with Crippen LogP contribution in [-0.4, -0.2) is 32.2 Å². The van der Waals surface area contributed by atoms with Crippen LogP contribution in [0.5, 0.6) is 0 Å². The molecule has 0 amide bonds. The van der Waals surface area contributed by atoms with Crippen molar-refractivity contribution in [3.63, 3.8) is 0 Å². The van der Waals surface area contributed by atoms with Crippen LogP contribution in [-0.2, 0) is 0 Å². The predicted molar refractivity (Wildman–Crippen MR) is 130 cm³/mol. The summed E-state index contributed by atoms with van der Waals surface area (Å²) in [6.45, 7) is 6.12. The molecule has 0 aliphatic carbocycles. The second-order valence-corrected chi connectivity index (χ2v) is 10.7. The van der Waals surface area contributed by atoms with Crippen molar-refractivity contribution < 1.29 is 4.48 Å². The summed E-state index contributed by atoms with van der Waals surface area (Å²) in [6, 6.07) is 0. The summed E-state index contributed by atoms with van der Waals surface area (Å²) in [4.78, 5) is 0. The molecule has 1 atom stereocenters. The summed E-state index contributed by atoms with van der Waals surface area (Å²) in [5.74, 6) is 0.966. The van der Waals surface area contributed by atoms with Crippen molar-refractivity contribution in [1.29, 1.82) is 0 Å². The highest BCUT2D eigenvalue weighted by atomic mass is 15.3. The molecule has 28 heavy (non-hydrogen) atoms. The predicted octanol–water partition coefficient (Wildman–Crippen LogP) is 9.15. The zero-order valence-electron chi connectivity index (χ0n) is 20.9. The Morgan fingerprint density at radius 1 is 0.464 bits per heavy atom. The van der Waals surface area contributed by atoms with E-state index in [0.717, 1.165) is 10.4 Å². The molecule has 0 spiro atoms. The van der Waals surface area contributed by atoms with Gasteiger partial charge in [-0.05, 0) is 18.8 Å². The Kier molecular flexibility index (Phi) is 20.2. The summed E-state index contributed by atoms with van der Waals surface area (Å²) < 4.78 is 1.12. The Morgan fingerprint density at radius 2 is 0.786 bits per heavy atom. The van der Waals surface area contributed by atoms with Gasteiger partial charge in [0.25, 0.3) is 0 Å². The summed E-state index contributed by atoms with van der Waals surface area (Å²) >= 11 is 0. The van der Waals surface area contributed by atoms with E-state index >= 15 is 0 Å². The standard InChI is InChI=1S/C27H58N/c1-6-7-8-9-18-21-24-27(2)25-22-19-16-14-12-10-11-13-15-17-20-23-26-28(3,4)5/h27H,6-26H2,1-5H3/q+1. The molecule has 0 aromatic carbocycles. The number of quaternary nitrogens is 1. The van der Waals surface area contributed by atoms with Gasteiger partial charge in [0.1, 0.15) is 0 Å². The third-order valence-corrected chi connectivity index (χ3v) is 6.33. The maximum absolute atomic E-state index is 2.48. The van der Waals surface area contributed by atoms with Crippen LogP contribution in [0.2, 0.25) is 0 Å². The van der Waals surface area contributed by atoms with Gasteiger partial charge in [0, 0.05) is 0 Å². The van der Waals surface area contributed by atoms with Crippen LogP contribution >= 0.6 is 0 Å². The quantitative estimate of drug-likeness (QED) is 0.126. The molecule has 0 aromatic heterocycles. The van der Waals surface area contributed by atoms with E-state index < -0.39 is 0 Å². The van der Waals surface area contributed by atoms with E-state index in [-0.39, 0.29) is 0 Å². The van der Waals surface area contributed by atoms with Crippen LogP contribution < -0.4 is 0 Å². The first-order valence-electron chi connectivity index (χ1n) is 13.3. The van der Waals surface area contributed by atoms with E-state index in [1.807, 2.05) is 0 Å². The average molecular weight is 397 g/mol. The van der Waals surface area contributed by atoms with Crippen LogP contribution in [0.3, 0.4) is 0 Å². The molecule has 0 fully saturated rings. The molecule has 1 unspecified atom stereocenters. The number of unbranched alkanes of at least 4 members (excludes halogenated alkanes) is 16. The second kappa shape index (κ2) is 20.2. The maximum Gasteiger partial charge on any atom is 0.0780 e. The van der Waals surface area contributed by atoms with Crippen LogP contribution in [0.25, 0.3) is 0 Å². The fraction of sp³-hybridized carbons (Fsp3) is 1.00. The minimum Gasteiger partial charge on any atom is -0.331 e. The summed E-state index contributed by atoms with van der Waals surface area (Å²) in [7, 11) is 6.91. The van der Waals surface area contributed by atoms with Crippen LogP contribution in [0.15, 0.2) is 0 Å². The summed E-state index contributed by atoms with van der Waals surface area (Å²) in [5.41, 5.74) is 0. The number of hydrogen-bond donors (Lipinski definition) is 0. The monoisotopic (exact) mass is 396 g/mol. The van der Waals surface area contributed by atoms with Gasteiger partial charge in [0.15, 0.2) is 0 Å². The van der Waals surface area contributed by atoms with E-state index in [1.54, 1.807) is 0 Å². The van der Waals surface area contributed by atoms with Gasteiger partial charge in [-0.2, -0.15) is 0 Å². The SMILES string of the molecule is CCCCCCCCC(C)CCCCCCCCCCCCCC[N+](C)(C)C. The molecule has 1 nitrogen and oxygen atoms in total. The number of nitrogens with zero attached hydrogens (tertiary/aromatic N) is 1. The van der Waals surface area contributed by atoms with Crippen molar-refractivity contribution in [2.24, 2.45) is 5.92 Å². The van der Waals surface area contributed by atoms with Gasteiger partial charge in [-0.3, -0.25) is 0 Å². The molecule has 0 N–H and O–H groups in total. The number of rotatable bonds is 22. The third-order valence-electron chi connectivity index (χ3n) is 6.33. The molecule has 0 aliphatic rings. The Hall–Kier alpha value is -0.0400. The first-order valence-corrected chi connectivity index (χ1v) is 13.3. The molecule has 0 bridgehead atoms. The van der Waals surface area contributed by atoms with Gasteiger partial charge < -0.3 is 4.48 Å². The average Bonchev–Trinajstić information content (AvgIpc) is 2.64. The smallest absolute Gasteiger partial charge is 0.0780 e. The van der Waals surface area contributed by atoms with E-state index in [2.05, 4.69) is 35.0 Å². The van der Waals surface area contributed by atoms with Gasteiger partial charge in [-0.25, -0.2) is 0 Å². The highest BCUT2D eigenvalue weighted by molar-refractivity contribution is 4.56. The Balaban J connectivity index is 3.15. The van der Waals surface area contributed by atoms with E-state index in [0.29, 0.717) is 0 Å². The number of hydrogen-bond acceptors (Lipinski definition) is 0. The molecule has 0 radical (unpaired) electrons. The molecule has 0 aliphatic heterocycles. The van der Waals surface area contributed by atoms with E-state index in [9.17, 15) is 0 Å². The molecule has 0 rings (SSSR count). The Morgan fingerprint density at radius 3 is 1.14 bits per heavy atom. The third kappa shape index (κ3) is 24.0. The second-order valence-electron chi connectivity index (χ2n) is 10.7. The highest BCUT2D eigenvalue weighted by Gasteiger charge is 2.05. The maximum atomic E-state index is 2.48. The highest BCUT2D eigenvalue weighted by Crippen LogP contribution is 2.19. The van der Waals surface area contributed by atoms with E-state index in [4.69, 9.17) is 0 Å². The minimum atomic E-state index is 0.966. The molecule has 0 heterocycles. The Bertz CT molecular complexity index is 291. The lowest BCUT2D eigenvalue weighted by atomic mass is 9.96. The molecule has 0 saturated heterocycles. The summed E-state index contributed by atoms with van der Waals surface area (Å²) in [5, 5.41) is 0. The van der Waals surface area contributed by atoms with Crippen LogP contribution in [0.4, 0.5) is 0 Å². The van der Waals surface area contributed by atoms with Crippen LogP contribution in [0, 0.1) is 5.92 Å². The first-order chi connectivity index (χ1) is 13.5. The van der Waals surface area contributed by atoms with Crippen molar-refractivity contribution in [3.8, 4) is 0 Å². The van der Waals surface area contributed by atoms with Gasteiger partial charge >= 0.3 is 0 Å². The van der Waals surface area contributed by atoms with Crippen molar-refractivity contribution in [3.05, 3.63) is 0 Å². The van der Waals surface area contributed by atoms with Gasteiger partial charge in [-0.1, -0.05) is 129 Å². The van der Waals surface area contributed by atoms with E-state index in [1.165, 1.54) is 135 Å². The minimum absolute atomic E-state index is 0.966. The van der Waals surface area contributed by atoms with Crippen molar-refractivity contribution >= 4 is 0 Å². The van der Waals surface area contributed by atoms with Gasteiger partial charge in [0.05, 0.1) is 27.7 Å². The summed E-state index contributed by atoms with van der Waals surface area (Å²) in [6.07, 6.45) is 29.2. The molecular weight excluding hydrogens is 338 g/mol. The molecule has 0 saturated carbocycles. The molecule has 0 aromatic rings. The fourth-order valence-corrected chi connectivity index (χ4v) is 4.26. The lowest BCUT2D eigenvalue weighted by Gasteiger charge is -2.23. The lowest BCUT2D eigenvalue weighted by Crippen LogP contribution is -2.35. The molecule has 170 valence electrons. The largest absolute Gasteiger partial charge is 0.331 e. The van der Waals surface area contributed by atoms with Gasteiger partial charge in [0.2, 0.25) is 0 Å². The zero-order valence-corrected chi connectivity index (χ0v) is 20.9. The fourth-order valence-electron chi connectivity index (χ4n) is 4.26.